The summed E-state index contributed by atoms with van der Waals surface area (Å²) in [5, 5.41) is 22.0. The van der Waals surface area contributed by atoms with Gasteiger partial charge >= 0.3 is 0 Å². The van der Waals surface area contributed by atoms with Crippen molar-refractivity contribution in [3.63, 3.8) is 0 Å². The molecular formula is C12H11N5O2S. The van der Waals surface area contributed by atoms with Crippen LogP contribution in [0.25, 0.3) is 0 Å². The van der Waals surface area contributed by atoms with Gasteiger partial charge < -0.3 is 0 Å². The van der Waals surface area contributed by atoms with Crippen LogP contribution in [0.1, 0.15) is 30.1 Å². The Kier molecular flexibility index (Phi) is 3.15. The molecule has 0 radical (unpaired) electrons. The van der Waals surface area contributed by atoms with E-state index < -0.39 is 4.92 Å². The van der Waals surface area contributed by atoms with Gasteiger partial charge in [0.2, 0.25) is 4.77 Å². The number of aromatic nitrogens is 3. The molecule has 20 heavy (non-hydrogen) atoms. The number of nitrogens with one attached hydrogen (secondary N) is 1. The number of benzene rings is 1. The maximum atomic E-state index is 10.9. The molecule has 1 N–H and O–H groups in total. The Labute approximate surface area is 119 Å². The SMILES string of the molecule is O=[N+]([O-])c1ccccc1/C=N\n1c(C2CC2)n[nH]c1=S. The molecule has 102 valence electrons. The van der Waals surface area contributed by atoms with E-state index in [0.29, 0.717) is 16.3 Å². The maximum absolute atomic E-state index is 10.9. The number of para-hydroxylation sites is 1. The molecule has 1 saturated carbocycles. The van der Waals surface area contributed by atoms with Gasteiger partial charge in [-0.2, -0.15) is 14.9 Å². The van der Waals surface area contributed by atoms with Gasteiger partial charge in [0.25, 0.3) is 5.69 Å². The van der Waals surface area contributed by atoms with Crippen LogP contribution in [0.2, 0.25) is 0 Å². The van der Waals surface area contributed by atoms with Crippen molar-refractivity contribution in [1.82, 2.24) is 14.9 Å². The zero-order valence-corrected chi connectivity index (χ0v) is 11.2. The summed E-state index contributed by atoms with van der Waals surface area (Å²) in [6, 6.07) is 6.43. The molecule has 1 aliphatic carbocycles. The topological polar surface area (TPSA) is 89.1 Å². The first-order valence-electron chi connectivity index (χ1n) is 6.12. The van der Waals surface area contributed by atoms with Crippen LogP contribution < -0.4 is 0 Å². The molecule has 0 unspecified atom stereocenters. The van der Waals surface area contributed by atoms with E-state index in [0.717, 1.165) is 18.7 Å². The minimum absolute atomic E-state index is 0.0132. The van der Waals surface area contributed by atoms with Gasteiger partial charge in [0.05, 0.1) is 16.7 Å². The fraction of sp³-hybridized carbons (Fsp3) is 0.250. The van der Waals surface area contributed by atoms with Gasteiger partial charge in [-0.25, -0.2) is 0 Å². The smallest absolute Gasteiger partial charge is 0.258 e. The highest BCUT2D eigenvalue weighted by Gasteiger charge is 2.29. The Hall–Kier alpha value is -2.35. The molecule has 1 fully saturated rings. The predicted molar refractivity (Wildman–Crippen MR) is 75.5 cm³/mol. The highest BCUT2D eigenvalue weighted by atomic mass is 32.1. The van der Waals surface area contributed by atoms with E-state index in [1.807, 2.05) is 0 Å². The van der Waals surface area contributed by atoms with Gasteiger partial charge in [0, 0.05) is 12.0 Å². The fourth-order valence-electron chi connectivity index (χ4n) is 1.90. The van der Waals surface area contributed by atoms with Crippen molar-refractivity contribution in [2.75, 3.05) is 0 Å². The molecule has 1 aromatic carbocycles. The summed E-state index contributed by atoms with van der Waals surface area (Å²) in [6.45, 7) is 0. The van der Waals surface area contributed by atoms with Crippen LogP contribution >= 0.6 is 12.2 Å². The Bertz CT molecular complexity index is 744. The second kappa shape index (κ2) is 4.97. The molecule has 8 heteroatoms. The van der Waals surface area contributed by atoms with Crippen molar-refractivity contribution >= 4 is 24.1 Å². The fourth-order valence-corrected chi connectivity index (χ4v) is 2.09. The molecule has 1 aliphatic rings. The number of nitro benzene ring substituents is 1. The van der Waals surface area contributed by atoms with E-state index in [-0.39, 0.29) is 5.69 Å². The molecule has 0 atom stereocenters. The van der Waals surface area contributed by atoms with E-state index in [1.165, 1.54) is 17.0 Å². The third-order valence-corrected chi connectivity index (χ3v) is 3.33. The molecule has 0 amide bonds. The summed E-state index contributed by atoms with van der Waals surface area (Å²) in [5.41, 5.74) is 0.446. The molecule has 0 bridgehead atoms. The van der Waals surface area contributed by atoms with E-state index in [4.69, 9.17) is 12.2 Å². The molecule has 7 nitrogen and oxygen atoms in total. The van der Waals surface area contributed by atoms with Crippen molar-refractivity contribution in [3.8, 4) is 0 Å². The number of hydrogen-bond donors (Lipinski definition) is 1. The van der Waals surface area contributed by atoms with E-state index >= 15 is 0 Å². The minimum Gasteiger partial charge on any atom is -0.258 e. The number of hydrogen-bond acceptors (Lipinski definition) is 5. The van der Waals surface area contributed by atoms with Gasteiger partial charge in [0.15, 0.2) is 5.82 Å². The Morgan fingerprint density at radius 2 is 2.25 bits per heavy atom. The lowest BCUT2D eigenvalue weighted by Crippen LogP contribution is -1.99. The maximum Gasteiger partial charge on any atom is 0.278 e. The van der Waals surface area contributed by atoms with Crippen LogP contribution in [-0.4, -0.2) is 26.0 Å². The number of aromatic amines is 1. The summed E-state index contributed by atoms with van der Waals surface area (Å²) >= 11 is 5.12. The summed E-state index contributed by atoms with van der Waals surface area (Å²) in [6.07, 6.45) is 3.58. The van der Waals surface area contributed by atoms with Gasteiger partial charge in [-0.05, 0) is 31.1 Å². The quantitative estimate of drug-likeness (QED) is 0.405. The Morgan fingerprint density at radius 1 is 1.50 bits per heavy atom. The van der Waals surface area contributed by atoms with Gasteiger partial charge in [0.1, 0.15) is 0 Å². The zero-order chi connectivity index (χ0) is 14.1. The van der Waals surface area contributed by atoms with Crippen molar-refractivity contribution in [1.29, 1.82) is 0 Å². The summed E-state index contributed by atoms with van der Waals surface area (Å²) in [7, 11) is 0. The van der Waals surface area contributed by atoms with Gasteiger partial charge in [-0.15, -0.1) is 0 Å². The van der Waals surface area contributed by atoms with Crippen LogP contribution in [0.4, 0.5) is 5.69 Å². The Morgan fingerprint density at radius 3 is 2.95 bits per heavy atom. The second-order valence-corrected chi connectivity index (χ2v) is 4.92. The third-order valence-electron chi connectivity index (χ3n) is 3.06. The summed E-state index contributed by atoms with van der Waals surface area (Å²) in [5.74, 6) is 1.16. The normalized spacial score (nSPS) is 14.8. The van der Waals surface area contributed by atoms with Gasteiger partial charge in [-0.1, -0.05) is 12.1 Å². The highest BCUT2D eigenvalue weighted by Crippen LogP contribution is 2.38. The average Bonchev–Trinajstić information content (AvgIpc) is 3.21. The predicted octanol–water partition coefficient (Wildman–Crippen LogP) is 2.61. The molecule has 0 spiro atoms. The van der Waals surface area contributed by atoms with Crippen LogP contribution in [-0.2, 0) is 0 Å². The molecule has 1 heterocycles. The highest BCUT2D eigenvalue weighted by molar-refractivity contribution is 7.71. The van der Waals surface area contributed by atoms with E-state index in [2.05, 4.69) is 15.3 Å². The molecule has 3 rings (SSSR count). The number of H-pyrrole nitrogens is 1. The van der Waals surface area contributed by atoms with E-state index in [1.54, 1.807) is 18.2 Å². The van der Waals surface area contributed by atoms with Crippen LogP contribution in [0, 0.1) is 14.9 Å². The summed E-state index contributed by atoms with van der Waals surface area (Å²) < 4.78 is 1.92. The lowest BCUT2D eigenvalue weighted by atomic mass is 10.2. The number of nitrogens with zero attached hydrogens (tertiary/aromatic N) is 4. The van der Waals surface area contributed by atoms with Crippen LogP contribution in [0.15, 0.2) is 29.4 Å². The van der Waals surface area contributed by atoms with Crippen molar-refractivity contribution < 1.29 is 4.92 Å². The molecule has 1 aromatic heterocycles. The standard InChI is InChI=1S/C12H11N5O2S/c18-17(19)10-4-2-1-3-9(10)7-13-16-11(8-5-6-8)14-15-12(16)20/h1-4,7-8H,5-6H2,(H,15,20)/b13-7-. The third kappa shape index (κ3) is 2.37. The second-order valence-electron chi connectivity index (χ2n) is 4.53. The van der Waals surface area contributed by atoms with Crippen molar-refractivity contribution in [3.05, 3.63) is 50.5 Å². The first-order valence-corrected chi connectivity index (χ1v) is 6.52. The number of rotatable bonds is 4. The first kappa shape index (κ1) is 12.7. The van der Waals surface area contributed by atoms with Crippen LogP contribution in [0.5, 0.6) is 0 Å². The average molecular weight is 289 g/mol. The van der Waals surface area contributed by atoms with Crippen LogP contribution in [0.3, 0.4) is 0 Å². The first-order chi connectivity index (χ1) is 9.66. The molecular weight excluding hydrogens is 278 g/mol. The van der Waals surface area contributed by atoms with E-state index in [9.17, 15) is 10.1 Å². The largest absolute Gasteiger partial charge is 0.278 e. The minimum atomic E-state index is -0.433. The molecule has 2 aromatic rings. The van der Waals surface area contributed by atoms with Crippen molar-refractivity contribution in [2.24, 2.45) is 5.10 Å². The van der Waals surface area contributed by atoms with Crippen molar-refractivity contribution in [2.45, 2.75) is 18.8 Å². The lowest BCUT2D eigenvalue weighted by molar-refractivity contribution is -0.385. The Balaban J connectivity index is 1.97. The monoisotopic (exact) mass is 289 g/mol. The number of nitro groups is 1. The zero-order valence-electron chi connectivity index (χ0n) is 10.4. The lowest BCUT2D eigenvalue weighted by Gasteiger charge is -1.99. The summed E-state index contributed by atoms with van der Waals surface area (Å²) in [4.78, 5) is 10.5. The molecule has 0 aliphatic heterocycles. The van der Waals surface area contributed by atoms with Gasteiger partial charge in [-0.3, -0.25) is 15.2 Å². The molecule has 0 saturated heterocycles.